The Labute approximate surface area is 191 Å². The minimum atomic E-state index is -0.610. The number of halogens is 1. The van der Waals surface area contributed by atoms with Crippen molar-refractivity contribution >= 4 is 35.0 Å². The van der Waals surface area contributed by atoms with Crippen LogP contribution >= 0.6 is 11.6 Å². The molecule has 1 aliphatic heterocycles. The summed E-state index contributed by atoms with van der Waals surface area (Å²) in [5.74, 6) is 0.954. The number of amides is 1. The lowest BCUT2D eigenvalue weighted by molar-refractivity contribution is 0.100. The van der Waals surface area contributed by atoms with Gasteiger partial charge < -0.3 is 26.4 Å². The largest absolute Gasteiger partial charge is 0.497 e. The first kappa shape index (κ1) is 21.9. The number of methoxy groups -OCH3 is 1. The van der Waals surface area contributed by atoms with Gasteiger partial charge in [0.25, 0.3) is 5.91 Å². The average Bonchev–Trinajstić information content (AvgIpc) is 2.79. The summed E-state index contributed by atoms with van der Waals surface area (Å²) in [6, 6.07) is 13.2. The second-order valence-electron chi connectivity index (χ2n) is 7.70. The topological polar surface area (TPSA) is 119 Å². The minimum Gasteiger partial charge on any atom is -0.497 e. The molecule has 0 spiro atoms. The van der Waals surface area contributed by atoms with Gasteiger partial charge in [0.2, 0.25) is 5.95 Å². The molecule has 2 heterocycles. The van der Waals surface area contributed by atoms with Crippen molar-refractivity contribution in [2.45, 2.75) is 18.9 Å². The molecule has 1 amide bonds. The summed E-state index contributed by atoms with van der Waals surface area (Å²) < 4.78 is 5.32. The van der Waals surface area contributed by atoms with E-state index in [2.05, 4.69) is 15.3 Å². The Morgan fingerprint density at radius 1 is 1.28 bits per heavy atom. The molecule has 1 fully saturated rings. The molecule has 0 saturated carbocycles. The summed E-state index contributed by atoms with van der Waals surface area (Å²) in [7, 11) is 1.61. The molecule has 0 radical (unpaired) electrons. The molecule has 0 bridgehead atoms. The molecular formula is C23H25ClN6O2. The summed E-state index contributed by atoms with van der Waals surface area (Å²) in [5, 5.41) is 3.82. The monoisotopic (exact) mass is 452 g/mol. The van der Waals surface area contributed by atoms with E-state index in [1.165, 1.54) is 6.20 Å². The lowest BCUT2D eigenvalue weighted by atomic mass is 10.0. The number of piperidine rings is 1. The SMILES string of the molecule is COc1ccc(Cl)c(-c2cccc(Nc3nc(N4CCC[C@H](N)C4)ncc3C(N)=O)c2)c1. The van der Waals surface area contributed by atoms with Crippen LogP contribution in [0.1, 0.15) is 23.2 Å². The summed E-state index contributed by atoms with van der Waals surface area (Å²) in [6.45, 7) is 1.48. The third-order valence-electron chi connectivity index (χ3n) is 5.39. The normalized spacial score (nSPS) is 16.0. The number of carbonyl (C=O) groups excluding carboxylic acids is 1. The lowest BCUT2D eigenvalue weighted by Gasteiger charge is -2.31. The summed E-state index contributed by atoms with van der Waals surface area (Å²) in [4.78, 5) is 23.0. The predicted molar refractivity (Wildman–Crippen MR) is 127 cm³/mol. The maximum atomic E-state index is 12.0. The van der Waals surface area contributed by atoms with Crippen molar-refractivity contribution in [3.05, 3.63) is 59.2 Å². The second-order valence-corrected chi connectivity index (χ2v) is 8.10. The number of anilines is 3. The Morgan fingerprint density at radius 2 is 2.12 bits per heavy atom. The summed E-state index contributed by atoms with van der Waals surface area (Å²) in [6.07, 6.45) is 3.39. The van der Waals surface area contributed by atoms with Crippen molar-refractivity contribution in [1.29, 1.82) is 0 Å². The highest BCUT2D eigenvalue weighted by Crippen LogP contribution is 2.33. The van der Waals surface area contributed by atoms with Gasteiger partial charge in [0.1, 0.15) is 17.1 Å². The van der Waals surface area contributed by atoms with Gasteiger partial charge in [-0.1, -0.05) is 23.7 Å². The quantitative estimate of drug-likeness (QED) is 0.522. The Morgan fingerprint density at radius 3 is 2.88 bits per heavy atom. The number of primary amides is 1. The Bertz CT molecular complexity index is 1140. The molecule has 9 heteroatoms. The molecule has 1 aromatic heterocycles. The first-order valence-corrected chi connectivity index (χ1v) is 10.7. The van der Waals surface area contributed by atoms with Gasteiger partial charge in [-0.3, -0.25) is 4.79 Å². The highest BCUT2D eigenvalue weighted by Gasteiger charge is 2.21. The average molecular weight is 453 g/mol. The number of aromatic nitrogens is 2. The van der Waals surface area contributed by atoms with Crippen molar-refractivity contribution in [2.75, 3.05) is 30.4 Å². The van der Waals surface area contributed by atoms with E-state index in [0.29, 0.717) is 29.1 Å². The number of rotatable bonds is 6. The van der Waals surface area contributed by atoms with E-state index in [-0.39, 0.29) is 11.6 Å². The zero-order chi connectivity index (χ0) is 22.7. The predicted octanol–water partition coefficient (Wildman–Crippen LogP) is 3.58. The number of carbonyl (C=O) groups is 1. The van der Waals surface area contributed by atoms with Crippen LogP contribution in [-0.4, -0.2) is 42.1 Å². The summed E-state index contributed by atoms with van der Waals surface area (Å²) >= 11 is 6.41. The fourth-order valence-corrected chi connectivity index (χ4v) is 3.97. The fourth-order valence-electron chi connectivity index (χ4n) is 3.75. The molecule has 1 atom stereocenters. The number of nitrogens with zero attached hydrogens (tertiary/aromatic N) is 3. The fraction of sp³-hybridized carbons (Fsp3) is 0.261. The van der Waals surface area contributed by atoms with E-state index in [1.807, 2.05) is 41.3 Å². The van der Waals surface area contributed by atoms with Crippen LogP contribution in [0.25, 0.3) is 11.1 Å². The molecule has 0 aliphatic carbocycles. The molecule has 0 unspecified atom stereocenters. The van der Waals surface area contributed by atoms with Crippen molar-refractivity contribution in [3.63, 3.8) is 0 Å². The van der Waals surface area contributed by atoms with E-state index in [0.717, 1.165) is 36.2 Å². The van der Waals surface area contributed by atoms with E-state index >= 15 is 0 Å². The first-order chi connectivity index (χ1) is 15.4. The minimum absolute atomic E-state index is 0.0730. The number of benzene rings is 2. The Balaban J connectivity index is 1.67. The van der Waals surface area contributed by atoms with E-state index in [1.54, 1.807) is 13.2 Å². The molecule has 8 nitrogen and oxygen atoms in total. The van der Waals surface area contributed by atoms with Crippen LogP contribution in [0, 0.1) is 0 Å². The van der Waals surface area contributed by atoms with Crippen LogP contribution in [0.4, 0.5) is 17.5 Å². The van der Waals surface area contributed by atoms with Gasteiger partial charge in [0, 0.05) is 41.6 Å². The lowest BCUT2D eigenvalue weighted by Crippen LogP contribution is -2.43. The van der Waals surface area contributed by atoms with E-state index in [9.17, 15) is 4.79 Å². The van der Waals surface area contributed by atoms with Crippen molar-refractivity contribution < 1.29 is 9.53 Å². The van der Waals surface area contributed by atoms with Gasteiger partial charge in [-0.25, -0.2) is 4.98 Å². The van der Waals surface area contributed by atoms with Crippen LogP contribution < -0.4 is 26.4 Å². The smallest absolute Gasteiger partial charge is 0.254 e. The van der Waals surface area contributed by atoms with Gasteiger partial charge in [0.15, 0.2) is 0 Å². The van der Waals surface area contributed by atoms with Crippen LogP contribution in [0.5, 0.6) is 5.75 Å². The number of hydrogen-bond acceptors (Lipinski definition) is 7. The van der Waals surface area contributed by atoms with Gasteiger partial charge in [0.05, 0.1) is 7.11 Å². The van der Waals surface area contributed by atoms with Crippen LogP contribution in [-0.2, 0) is 0 Å². The molecular weight excluding hydrogens is 428 g/mol. The van der Waals surface area contributed by atoms with E-state index < -0.39 is 5.91 Å². The van der Waals surface area contributed by atoms with Gasteiger partial charge >= 0.3 is 0 Å². The van der Waals surface area contributed by atoms with Crippen molar-refractivity contribution in [2.24, 2.45) is 11.5 Å². The maximum absolute atomic E-state index is 12.0. The first-order valence-electron chi connectivity index (χ1n) is 10.3. The number of ether oxygens (including phenoxy) is 1. The third kappa shape index (κ3) is 4.76. The molecule has 166 valence electrons. The molecule has 4 rings (SSSR count). The third-order valence-corrected chi connectivity index (χ3v) is 5.72. The highest BCUT2D eigenvalue weighted by atomic mass is 35.5. The highest BCUT2D eigenvalue weighted by molar-refractivity contribution is 6.33. The van der Waals surface area contributed by atoms with Crippen LogP contribution in [0.2, 0.25) is 5.02 Å². The molecule has 3 aromatic rings. The van der Waals surface area contributed by atoms with Gasteiger partial charge in [-0.2, -0.15) is 4.98 Å². The molecule has 32 heavy (non-hydrogen) atoms. The van der Waals surface area contributed by atoms with E-state index in [4.69, 9.17) is 27.8 Å². The van der Waals surface area contributed by atoms with Crippen LogP contribution in [0.3, 0.4) is 0 Å². The Kier molecular flexibility index (Phi) is 6.43. The maximum Gasteiger partial charge on any atom is 0.254 e. The zero-order valence-corrected chi connectivity index (χ0v) is 18.5. The van der Waals surface area contributed by atoms with Crippen LogP contribution in [0.15, 0.2) is 48.7 Å². The number of nitrogens with one attached hydrogen (secondary N) is 1. The molecule has 1 saturated heterocycles. The number of nitrogens with two attached hydrogens (primary N) is 2. The second kappa shape index (κ2) is 9.42. The van der Waals surface area contributed by atoms with Crippen molar-refractivity contribution in [3.8, 4) is 16.9 Å². The molecule has 1 aliphatic rings. The standard InChI is InChI=1S/C23H25ClN6O2/c1-32-17-7-8-20(24)18(11-17)14-4-2-6-16(10-14)28-22-19(21(26)31)12-27-23(29-22)30-9-3-5-15(25)13-30/h2,4,6-8,10-12,15H,3,5,9,13,25H2,1H3,(H2,26,31)(H,27,28,29)/t15-/m0/s1. The zero-order valence-electron chi connectivity index (χ0n) is 17.7. The summed E-state index contributed by atoms with van der Waals surface area (Å²) in [5.41, 5.74) is 14.3. The van der Waals surface area contributed by atoms with Gasteiger partial charge in [-0.15, -0.1) is 0 Å². The van der Waals surface area contributed by atoms with Crippen molar-refractivity contribution in [1.82, 2.24) is 9.97 Å². The number of hydrogen-bond donors (Lipinski definition) is 3. The molecule has 5 N–H and O–H groups in total. The van der Waals surface area contributed by atoms with Gasteiger partial charge in [-0.05, 0) is 48.7 Å². The Hall–Kier alpha value is -3.36. The molecule has 2 aromatic carbocycles.